The van der Waals surface area contributed by atoms with E-state index in [1.54, 1.807) is 0 Å². The van der Waals surface area contributed by atoms with Crippen molar-refractivity contribution in [3.8, 4) is 22.3 Å². The number of hydrogen-bond donors (Lipinski definition) is 5. The summed E-state index contributed by atoms with van der Waals surface area (Å²) < 4.78 is 0. The summed E-state index contributed by atoms with van der Waals surface area (Å²) in [6.45, 7) is 2.74. The van der Waals surface area contributed by atoms with E-state index in [1.807, 2.05) is 0 Å². The molecule has 0 amide bonds. The minimum Gasteiger partial charge on any atom is -0.384 e. The number of fused-ring (bicyclic) bond motifs is 3. The fourth-order valence-corrected chi connectivity index (χ4v) is 4.31. The van der Waals surface area contributed by atoms with Crippen molar-refractivity contribution in [2.75, 3.05) is 36.8 Å². The third-order valence-corrected chi connectivity index (χ3v) is 5.94. The number of hydrogen-bond acceptors (Lipinski definition) is 4. The Morgan fingerprint density at radius 2 is 1.00 bits per heavy atom. The summed E-state index contributed by atoms with van der Waals surface area (Å²) in [4.78, 5) is 3.56. The van der Waals surface area contributed by atoms with Gasteiger partial charge in [0.1, 0.15) is 0 Å². The molecule has 0 aliphatic heterocycles. The van der Waals surface area contributed by atoms with Crippen molar-refractivity contribution in [2.45, 2.75) is 0 Å². The van der Waals surface area contributed by atoms with E-state index in [2.05, 4.69) is 101 Å². The van der Waals surface area contributed by atoms with Crippen LogP contribution in [-0.2, 0) is 0 Å². The molecule has 5 aromatic rings. The molecule has 33 heavy (non-hydrogen) atoms. The second kappa shape index (κ2) is 9.36. The molecule has 5 heteroatoms. The Kier molecular flexibility index (Phi) is 5.98. The quantitative estimate of drug-likeness (QED) is 0.226. The van der Waals surface area contributed by atoms with Gasteiger partial charge in [-0.3, -0.25) is 0 Å². The van der Waals surface area contributed by atoms with Gasteiger partial charge in [0.05, 0.1) is 0 Å². The molecule has 0 aliphatic carbocycles. The van der Waals surface area contributed by atoms with Crippen LogP contribution in [0, 0.1) is 0 Å². The molecule has 0 unspecified atom stereocenters. The summed E-state index contributed by atoms with van der Waals surface area (Å²) >= 11 is 0. The molecule has 1 heterocycles. The lowest BCUT2D eigenvalue weighted by Gasteiger charge is -2.09. The summed E-state index contributed by atoms with van der Waals surface area (Å²) in [7, 11) is 0. The Labute approximate surface area is 193 Å². The summed E-state index contributed by atoms with van der Waals surface area (Å²) in [5, 5.41) is 9.18. The van der Waals surface area contributed by atoms with Gasteiger partial charge >= 0.3 is 0 Å². The molecule has 0 fully saturated rings. The highest BCUT2D eigenvalue weighted by Crippen LogP contribution is 2.34. The van der Waals surface area contributed by atoms with Gasteiger partial charge in [-0.1, -0.05) is 36.4 Å². The van der Waals surface area contributed by atoms with E-state index < -0.39 is 0 Å². The minimum absolute atomic E-state index is 0.611. The lowest BCUT2D eigenvalue weighted by Crippen LogP contribution is -2.12. The zero-order valence-corrected chi connectivity index (χ0v) is 18.6. The number of aromatic nitrogens is 1. The second-order valence-corrected chi connectivity index (χ2v) is 8.24. The molecule has 0 radical (unpaired) electrons. The van der Waals surface area contributed by atoms with E-state index >= 15 is 0 Å². The van der Waals surface area contributed by atoms with Gasteiger partial charge in [-0.15, -0.1) is 0 Å². The van der Waals surface area contributed by atoms with E-state index in [0.29, 0.717) is 13.1 Å². The molecule has 4 aromatic carbocycles. The zero-order chi connectivity index (χ0) is 22.6. The summed E-state index contributed by atoms with van der Waals surface area (Å²) in [6, 6.07) is 30.2. The van der Waals surface area contributed by atoms with Gasteiger partial charge in [0.25, 0.3) is 0 Å². The molecular formula is C28H29N5. The molecular weight excluding hydrogens is 406 g/mol. The van der Waals surface area contributed by atoms with Gasteiger partial charge in [-0.25, -0.2) is 0 Å². The van der Waals surface area contributed by atoms with E-state index in [1.165, 1.54) is 33.0 Å². The fraction of sp³-hybridized carbons (Fsp3) is 0.143. The molecule has 5 rings (SSSR count). The molecule has 0 saturated heterocycles. The maximum absolute atomic E-state index is 5.64. The summed E-state index contributed by atoms with van der Waals surface area (Å²) in [5.74, 6) is 0. The SMILES string of the molecule is NCCNc1cccc(-c2ccc3[nH]c4ccc(-c5cccc(NCCN)c5)cc4c3c2)c1. The third kappa shape index (κ3) is 4.42. The van der Waals surface area contributed by atoms with Gasteiger partial charge in [0, 0.05) is 59.4 Å². The highest BCUT2D eigenvalue weighted by atomic mass is 14.9. The predicted octanol–water partition coefficient (Wildman–Crippen LogP) is 5.40. The van der Waals surface area contributed by atoms with Gasteiger partial charge in [-0.05, 0) is 70.8 Å². The molecule has 0 saturated carbocycles. The predicted molar refractivity (Wildman–Crippen MR) is 142 cm³/mol. The van der Waals surface area contributed by atoms with Crippen LogP contribution in [0.3, 0.4) is 0 Å². The topological polar surface area (TPSA) is 91.9 Å². The van der Waals surface area contributed by atoms with Crippen LogP contribution in [0.15, 0.2) is 84.9 Å². The van der Waals surface area contributed by atoms with Crippen molar-refractivity contribution in [1.82, 2.24) is 4.98 Å². The third-order valence-electron chi connectivity index (χ3n) is 5.94. The van der Waals surface area contributed by atoms with E-state index in [-0.39, 0.29) is 0 Å². The minimum atomic E-state index is 0.611. The van der Waals surface area contributed by atoms with Crippen molar-refractivity contribution >= 4 is 33.2 Å². The fourth-order valence-electron chi connectivity index (χ4n) is 4.31. The molecule has 0 atom stereocenters. The number of rotatable bonds is 8. The Morgan fingerprint density at radius 1 is 0.545 bits per heavy atom. The highest BCUT2D eigenvalue weighted by molar-refractivity contribution is 6.09. The van der Waals surface area contributed by atoms with E-state index in [0.717, 1.165) is 35.5 Å². The average Bonchev–Trinajstić information content (AvgIpc) is 3.23. The van der Waals surface area contributed by atoms with Crippen LogP contribution in [-0.4, -0.2) is 31.2 Å². The number of nitrogens with two attached hydrogens (primary N) is 2. The Hall–Kier alpha value is -3.80. The number of nitrogens with one attached hydrogen (secondary N) is 3. The van der Waals surface area contributed by atoms with E-state index in [4.69, 9.17) is 11.5 Å². The monoisotopic (exact) mass is 435 g/mol. The Morgan fingerprint density at radius 3 is 1.45 bits per heavy atom. The van der Waals surface area contributed by atoms with Crippen LogP contribution in [0.25, 0.3) is 44.1 Å². The Bertz CT molecular complexity index is 1300. The van der Waals surface area contributed by atoms with Crippen molar-refractivity contribution < 1.29 is 0 Å². The molecule has 7 N–H and O–H groups in total. The van der Waals surface area contributed by atoms with Crippen LogP contribution < -0.4 is 22.1 Å². The second-order valence-electron chi connectivity index (χ2n) is 8.24. The molecule has 1 aromatic heterocycles. The summed E-state index contributed by atoms with van der Waals surface area (Å²) in [5.41, 5.74) is 20.5. The molecule has 0 aliphatic rings. The standard InChI is InChI=1S/C28H29N5/c29-11-13-31-23-5-1-3-19(15-23)21-7-9-27-25(17-21)26-18-22(8-10-28(26)33-27)20-4-2-6-24(16-20)32-14-12-30/h1-10,15-18,31-33H,11-14,29-30H2. The summed E-state index contributed by atoms with van der Waals surface area (Å²) in [6.07, 6.45) is 0. The Balaban J connectivity index is 1.55. The number of benzene rings is 4. The average molecular weight is 436 g/mol. The molecule has 0 bridgehead atoms. The van der Waals surface area contributed by atoms with Crippen LogP contribution in [0.1, 0.15) is 0 Å². The van der Waals surface area contributed by atoms with E-state index in [9.17, 15) is 0 Å². The van der Waals surface area contributed by atoms with Crippen molar-refractivity contribution in [1.29, 1.82) is 0 Å². The van der Waals surface area contributed by atoms with Crippen LogP contribution in [0.2, 0.25) is 0 Å². The number of aromatic amines is 1. The number of H-pyrrole nitrogens is 1. The maximum Gasteiger partial charge on any atom is 0.0465 e. The first kappa shape index (κ1) is 21.1. The van der Waals surface area contributed by atoms with Gasteiger partial charge in [-0.2, -0.15) is 0 Å². The van der Waals surface area contributed by atoms with Crippen molar-refractivity contribution in [2.24, 2.45) is 11.5 Å². The zero-order valence-electron chi connectivity index (χ0n) is 18.6. The largest absolute Gasteiger partial charge is 0.384 e. The van der Waals surface area contributed by atoms with Crippen LogP contribution in [0.4, 0.5) is 11.4 Å². The first-order valence-corrected chi connectivity index (χ1v) is 11.4. The highest BCUT2D eigenvalue weighted by Gasteiger charge is 2.09. The molecule has 5 nitrogen and oxygen atoms in total. The van der Waals surface area contributed by atoms with Crippen LogP contribution in [0.5, 0.6) is 0 Å². The molecule has 166 valence electrons. The van der Waals surface area contributed by atoms with Crippen molar-refractivity contribution in [3.63, 3.8) is 0 Å². The normalized spacial score (nSPS) is 11.2. The first-order valence-electron chi connectivity index (χ1n) is 11.4. The van der Waals surface area contributed by atoms with Gasteiger partial charge < -0.3 is 27.1 Å². The maximum atomic E-state index is 5.64. The lowest BCUT2D eigenvalue weighted by molar-refractivity contribution is 1.02. The smallest absolute Gasteiger partial charge is 0.0465 e. The number of anilines is 2. The molecule has 0 spiro atoms. The van der Waals surface area contributed by atoms with Gasteiger partial charge in [0.15, 0.2) is 0 Å². The van der Waals surface area contributed by atoms with Crippen LogP contribution >= 0.6 is 0 Å². The van der Waals surface area contributed by atoms with Crippen molar-refractivity contribution in [3.05, 3.63) is 84.9 Å². The first-order chi connectivity index (χ1) is 16.2. The lowest BCUT2D eigenvalue weighted by atomic mass is 10.00. The van der Waals surface area contributed by atoms with Gasteiger partial charge in [0.2, 0.25) is 0 Å².